The van der Waals surface area contributed by atoms with Crippen LogP contribution in [0.2, 0.25) is 0 Å². The highest BCUT2D eigenvalue weighted by atomic mass is 16.5. The Morgan fingerprint density at radius 2 is 1.65 bits per heavy atom. The molecule has 0 fully saturated rings. The number of ether oxygens (including phenoxy) is 1. The van der Waals surface area contributed by atoms with Crippen LogP contribution in [0.15, 0.2) is 30.3 Å². The van der Waals surface area contributed by atoms with Crippen molar-refractivity contribution in [2.45, 2.75) is 39.0 Å². The molecule has 0 aliphatic heterocycles. The van der Waals surface area contributed by atoms with Crippen molar-refractivity contribution >= 4 is 23.9 Å². The molecule has 1 unspecified atom stereocenters. The Kier molecular flexibility index (Phi) is 8.07. The molecule has 1 aromatic rings. The molecule has 9 nitrogen and oxygen atoms in total. The number of rotatable bonds is 9. The second kappa shape index (κ2) is 10.0. The van der Waals surface area contributed by atoms with Gasteiger partial charge in [-0.05, 0) is 11.5 Å². The molecule has 0 aliphatic carbocycles. The number of aliphatic carboxylic acids is 2. The van der Waals surface area contributed by atoms with Gasteiger partial charge in [0, 0.05) is 0 Å². The average Bonchev–Trinajstić information content (AvgIpc) is 2.57. The van der Waals surface area contributed by atoms with Gasteiger partial charge in [-0.3, -0.25) is 9.59 Å². The number of carboxylic acid groups (broad SMARTS) is 2. The summed E-state index contributed by atoms with van der Waals surface area (Å²) in [6, 6.07) is 6.26. The van der Waals surface area contributed by atoms with Gasteiger partial charge in [0.25, 0.3) is 0 Å². The number of benzene rings is 1. The summed E-state index contributed by atoms with van der Waals surface area (Å²) in [5, 5.41) is 22.2. The van der Waals surface area contributed by atoms with Crippen molar-refractivity contribution in [3.63, 3.8) is 0 Å². The van der Waals surface area contributed by atoms with Crippen LogP contribution in [0, 0.1) is 5.92 Å². The highest BCUT2D eigenvalue weighted by Crippen LogP contribution is 2.06. The van der Waals surface area contributed by atoms with Crippen molar-refractivity contribution in [3.8, 4) is 0 Å². The molecule has 0 radical (unpaired) electrons. The molecule has 142 valence electrons. The van der Waals surface area contributed by atoms with E-state index in [1.807, 2.05) is 6.07 Å². The maximum absolute atomic E-state index is 12.3. The Morgan fingerprint density at radius 1 is 1.04 bits per heavy atom. The second-order valence-corrected chi connectivity index (χ2v) is 5.93. The topological polar surface area (TPSA) is 142 Å². The first kappa shape index (κ1) is 20.9. The van der Waals surface area contributed by atoms with Crippen molar-refractivity contribution in [2.75, 3.05) is 0 Å². The van der Waals surface area contributed by atoms with Crippen LogP contribution in [0.25, 0.3) is 0 Å². The van der Waals surface area contributed by atoms with E-state index < -0.39 is 42.4 Å². The van der Waals surface area contributed by atoms with Gasteiger partial charge in [-0.15, -0.1) is 0 Å². The molecule has 0 aromatic heterocycles. The Morgan fingerprint density at radius 3 is 2.15 bits per heavy atom. The van der Waals surface area contributed by atoms with Crippen LogP contribution < -0.4 is 10.6 Å². The van der Waals surface area contributed by atoms with Crippen LogP contribution in [-0.4, -0.2) is 46.2 Å². The minimum atomic E-state index is -1.59. The summed E-state index contributed by atoms with van der Waals surface area (Å²) >= 11 is 0. The first-order valence-electron chi connectivity index (χ1n) is 7.93. The molecule has 26 heavy (non-hydrogen) atoms. The lowest BCUT2D eigenvalue weighted by Crippen LogP contribution is -2.54. The summed E-state index contributed by atoms with van der Waals surface area (Å²) in [6.45, 7) is 3.30. The standard InChI is InChI=1S/C17H22N2O7/c1-10(2)14(15(22)18-12(16(23)24)8-13(20)21)19-17(25)26-9-11-6-4-3-5-7-11/h3-7,10,12,14H,8-9H2,1-2H3,(H,18,22)(H,19,25)(H,20,21)(H,23,24)/t12-,14?/m0/s1. The predicted molar refractivity (Wildman–Crippen MR) is 90.2 cm³/mol. The molecular formula is C17H22N2O7. The fourth-order valence-electron chi connectivity index (χ4n) is 2.06. The smallest absolute Gasteiger partial charge is 0.408 e. The fourth-order valence-corrected chi connectivity index (χ4v) is 2.06. The van der Waals surface area contributed by atoms with E-state index in [1.54, 1.807) is 38.1 Å². The SMILES string of the molecule is CC(C)C(NC(=O)OCc1ccccc1)C(=O)N[C@@H](CC(=O)O)C(=O)O. The van der Waals surface area contributed by atoms with E-state index in [2.05, 4.69) is 10.6 Å². The molecule has 0 heterocycles. The van der Waals surface area contributed by atoms with Crippen LogP contribution in [0.1, 0.15) is 25.8 Å². The Balaban J connectivity index is 2.65. The molecule has 0 spiro atoms. The first-order valence-corrected chi connectivity index (χ1v) is 7.93. The van der Waals surface area contributed by atoms with Crippen molar-refractivity contribution in [3.05, 3.63) is 35.9 Å². The van der Waals surface area contributed by atoms with E-state index in [0.29, 0.717) is 0 Å². The average molecular weight is 366 g/mol. The van der Waals surface area contributed by atoms with E-state index in [1.165, 1.54) is 0 Å². The summed E-state index contributed by atoms with van der Waals surface area (Å²) < 4.78 is 5.04. The zero-order valence-corrected chi connectivity index (χ0v) is 14.5. The van der Waals surface area contributed by atoms with Crippen molar-refractivity contribution in [1.29, 1.82) is 0 Å². The van der Waals surface area contributed by atoms with Gasteiger partial charge in [-0.1, -0.05) is 44.2 Å². The highest BCUT2D eigenvalue weighted by molar-refractivity contribution is 5.91. The molecule has 2 atom stereocenters. The molecule has 0 saturated carbocycles. The molecule has 0 aliphatic rings. The van der Waals surface area contributed by atoms with E-state index in [-0.39, 0.29) is 12.5 Å². The van der Waals surface area contributed by atoms with Crippen LogP contribution in [0.4, 0.5) is 4.79 Å². The molecular weight excluding hydrogens is 344 g/mol. The minimum Gasteiger partial charge on any atom is -0.481 e. The number of hydrogen-bond acceptors (Lipinski definition) is 5. The molecule has 1 aromatic carbocycles. The normalized spacial score (nSPS) is 12.7. The number of alkyl carbamates (subject to hydrolysis) is 1. The highest BCUT2D eigenvalue weighted by Gasteiger charge is 2.30. The van der Waals surface area contributed by atoms with Gasteiger partial charge in [0.2, 0.25) is 5.91 Å². The number of amides is 2. The number of nitrogens with one attached hydrogen (secondary N) is 2. The van der Waals surface area contributed by atoms with Gasteiger partial charge in [-0.2, -0.15) is 0 Å². The first-order chi connectivity index (χ1) is 12.2. The van der Waals surface area contributed by atoms with E-state index >= 15 is 0 Å². The van der Waals surface area contributed by atoms with Gasteiger partial charge in [0.05, 0.1) is 6.42 Å². The molecule has 0 bridgehead atoms. The number of hydrogen-bond donors (Lipinski definition) is 4. The lowest BCUT2D eigenvalue weighted by molar-refractivity contribution is -0.147. The van der Waals surface area contributed by atoms with Gasteiger partial charge in [0.15, 0.2) is 0 Å². The molecule has 1 rings (SSSR count). The van der Waals surface area contributed by atoms with E-state index in [4.69, 9.17) is 14.9 Å². The quantitative estimate of drug-likeness (QED) is 0.510. The van der Waals surface area contributed by atoms with E-state index in [9.17, 15) is 19.2 Å². The monoisotopic (exact) mass is 366 g/mol. The van der Waals surface area contributed by atoms with Gasteiger partial charge < -0.3 is 25.6 Å². The summed E-state index contributed by atoms with van der Waals surface area (Å²) in [6.07, 6.45) is -1.61. The Labute approximate surface area is 150 Å². The lowest BCUT2D eigenvalue weighted by atomic mass is 10.0. The third-order valence-corrected chi connectivity index (χ3v) is 3.43. The van der Waals surface area contributed by atoms with Gasteiger partial charge in [0.1, 0.15) is 18.7 Å². The molecule has 9 heteroatoms. The third kappa shape index (κ3) is 7.20. The lowest BCUT2D eigenvalue weighted by Gasteiger charge is -2.23. The summed E-state index contributed by atoms with van der Waals surface area (Å²) in [5.41, 5.74) is 0.764. The van der Waals surface area contributed by atoms with Gasteiger partial charge >= 0.3 is 18.0 Å². The van der Waals surface area contributed by atoms with E-state index in [0.717, 1.165) is 5.56 Å². The zero-order chi connectivity index (χ0) is 19.7. The minimum absolute atomic E-state index is 0.00979. The van der Waals surface area contributed by atoms with Crippen LogP contribution in [-0.2, 0) is 25.7 Å². The maximum atomic E-state index is 12.3. The number of carboxylic acids is 2. The van der Waals surface area contributed by atoms with Gasteiger partial charge in [-0.25, -0.2) is 9.59 Å². The summed E-state index contributed by atoms with van der Waals surface area (Å²) in [4.78, 5) is 45.9. The fraction of sp³-hybridized carbons (Fsp3) is 0.412. The molecule has 0 saturated heterocycles. The largest absolute Gasteiger partial charge is 0.481 e. The van der Waals surface area contributed by atoms with Crippen molar-refractivity contribution < 1.29 is 34.1 Å². The van der Waals surface area contributed by atoms with Crippen molar-refractivity contribution in [1.82, 2.24) is 10.6 Å². The molecule has 4 N–H and O–H groups in total. The molecule has 2 amide bonds. The number of carbonyl (C=O) groups is 4. The van der Waals surface area contributed by atoms with Crippen LogP contribution >= 0.6 is 0 Å². The Bertz CT molecular complexity index is 646. The summed E-state index contributed by atoms with van der Waals surface area (Å²) in [7, 11) is 0. The zero-order valence-electron chi connectivity index (χ0n) is 14.5. The predicted octanol–water partition coefficient (Wildman–Crippen LogP) is 0.981. The second-order valence-electron chi connectivity index (χ2n) is 5.93. The Hall–Kier alpha value is -3.10. The number of carbonyl (C=O) groups excluding carboxylic acids is 2. The summed E-state index contributed by atoms with van der Waals surface area (Å²) in [5.74, 6) is -4.02. The third-order valence-electron chi connectivity index (χ3n) is 3.43. The van der Waals surface area contributed by atoms with Crippen molar-refractivity contribution in [2.24, 2.45) is 5.92 Å². The van der Waals surface area contributed by atoms with Crippen LogP contribution in [0.5, 0.6) is 0 Å². The maximum Gasteiger partial charge on any atom is 0.408 e. The van der Waals surface area contributed by atoms with Crippen LogP contribution in [0.3, 0.4) is 0 Å².